The molecular weight excluding hydrogens is 284 g/mol. The van der Waals surface area contributed by atoms with Gasteiger partial charge in [0.2, 0.25) is 5.91 Å². The molecule has 2 saturated heterocycles. The van der Waals surface area contributed by atoms with Crippen LogP contribution in [-0.4, -0.2) is 42.1 Å². The zero-order valence-electron chi connectivity index (χ0n) is 12.2. The lowest BCUT2D eigenvalue weighted by atomic mass is 9.89. The molecule has 0 radical (unpaired) electrons. The summed E-state index contributed by atoms with van der Waals surface area (Å²) < 4.78 is 5.89. The van der Waals surface area contributed by atoms with E-state index in [0.717, 1.165) is 45.4 Å². The number of hydrogen-bond acceptors (Lipinski definition) is 4. The minimum Gasteiger partial charge on any atom is -0.377 e. The number of likely N-dealkylation sites (tertiary alicyclic amines) is 1. The standard InChI is InChI=1S/C16H22N2O2S/c19-16(17-13-1-2-13)12-7-15-14(3-5-20-15)18(9-12)8-11-4-6-21-10-11/h4,6,10,12-15H,1-3,5,7-9H2,(H,17,19)/t12-,14+,15+/m1/s1. The SMILES string of the molecule is O=C(NC1CC1)[C@@H]1C[C@@H]2OCC[C@@H]2N(Cc2ccsc2)C1. The molecule has 4 nitrogen and oxygen atoms in total. The Morgan fingerprint density at radius 2 is 2.33 bits per heavy atom. The normalized spacial score (nSPS) is 32.9. The Labute approximate surface area is 129 Å². The lowest BCUT2D eigenvalue weighted by molar-refractivity contribution is -0.129. The van der Waals surface area contributed by atoms with E-state index in [2.05, 4.69) is 27.0 Å². The van der Waals surface area contributed by atoms with Gasteiger partial charge in [-0.15, -0.1) is 0 Å². The molecule has 114 valence electrons. The van der Waals surface area contributed by atoms with Crippen LogP contribution in [0.4, 0.5) is 0 Å². The van der Waals surface area contributed by atoms with Crippen molar-refractivity contribution in [2.75, 3.05) is 13.2 Å². The molecule has 0 spiro atoms. The fourth-order valence-corrected chi connectivity index (χ4v) is 4.25. The molecule has 0 bridgehead atoms. The van der Waals surface area contributed by atoms with Gasteiger partial charge in [0.15, 0.2) is 0 Å². The lowest BCUT2D eigenvalue weighted by Crippen LogP contribution is -2.52. The Bertz CT molecular complexity index is 500. The van der Waals surface area contributed by atoms with E-state index in [0.29, 0.717) is 12.1 Å². The number of hydrogen-bond donors (Lipinski definition) is 1. The third-order valence-electron chi connectivity index (χ3n) is 4.88. The van der Waals surface area contributed by atoms with E-state index >= 15 is 0 Å². The Kier molecular flexibility index (Phi) is 3.73. The minimum absolute atomic E-state index is 0.0867. The third kappa shape index (κ3) is 3.00. The number of ether oxygens (including phenoxy) is 1. The zero-order valence-corrected chi connectivity index (χ0v) is 13.0. The van der Waals surface area contributed by atoms with Crippen molar-refractivity contribution in [1.29, 1.82) is 0 Å². The van der Waals surface area contributed by atoms with Crippen LogP contribution >= 0.6 is 11.3 Å². The second-order valence-electron chi connectivity index (χ2n) is 6.54. The van der Waals surface area contributed by atoms with Crippen molar-refractivity contribution in [3.05, 3.63) is 22.4 Å². The van der Waals surface area contributed by atoms with E-state index < -0.39 is 0 Å². The zero-order chi connectivity index (χ0) is 14.2. The molecular formula is C16H22N2O2S. The van der Waals surface area contributed by atoms with Crippen LogP contribution in [0.25, 0.3) is 0 Å². The fraction of sp³-hybridized carbons (Fsp3) is 0.688. The van der Waals surface area contributed by atoms with Gasteiger partial charge < -0.3 is 10.1 Å². The van der Waals surface area contributed by atoms with Gasteiger partial charge in [-0.25, -0.2) is 0 Å². The number of fused-ring (bicyclic) bond motifs is 1. The fourth-order valence-electron chi connectivity index (χ4n) is 3.59. The van der Waals surface area contributed by atoms with Crippen molar-refractivity contribution in [1.82, 2.24) is 10.2 Å². The van der Waals surface area contributed by atoms with Gasteiger partial charge >= 0.3 is 0 Å². The molecule has 1 aliphatic carbocycles. The average Bonchev–Trinajstić information content (AvgIpc) is 2.97. The number of carbonyl (C=O) groups excluding carboxylic acids is 1. The van der Waals surface area contributed by atoms with Gasteiger partial charge in [-0.05, 0) is 48.1 Å². The predicted molar refractivity (Wildman–Crippen MR) is 82.1 cm³/mol. The molecule has 3 heterocycles. The Balaban J connectivity index is 1.46. The van der Waals surface area contributed by atoms with Crippen molar-refractivity contribution in [2.24, 2.45) is 5.92 Å². The number of carbonyl (C=O) groups is 1. The second-order valence-corrected chi connectivity index (χ2v) is 7.32. The number of piperidine rings is 1. The molecule has 0 aromatic carbocycles. The van der Waals surface area contributed by atoms with Crippen molar-refractivity contribution < 1.29 is 9.53 Å². The van der Waals surface area contributed by atoms with Crippen LogP contribution in [-0.2, 0) is 16.1 Å². The molecule has 3 aliphatic rings. The van der Waals surface area contributed by atoms with Crippen molar-refractivity contribution >= 4 is 17.2 Å². The Morgan fingerprint density at radius 1 is 1.43 bits per heavy atom. The maximum atomic E-state index is 12.4. The highest BCUT2D eigenvalue weighted by Crippen LogP contribution is 2.33. The molecule has 1 aromatic rings. The van der Waals surface area contributed by atoms with Gasteiger partial charge in [-0.3, -0.25) is 9.69 Å². The highest BCUT2D eigenvalue weighted by atomic mass is 32.1. The number of rotatable bonds is 4. The Morgan fingerprint density at radius 3 is 3.10 bits per heavy atom. The molecule has 5 heteroatoms. The largest absolute Gasteiger partial charge is 0.377 e. The molecule has 1 aromatic heterocycles. The molecule has 1 saturated carbocycles. The van der Waals surface area contributed by atoms with E-state index in [4.69, 9.17) is 4.74 Å². The molecule has 3 atom stereocenters. The number of thiophene rings is 1. The minimum atomic E-state index is 0.0867. The second kappa shape index (κ2) is 5.71. The van der Waals surface area contributed by atoms with Crippen LogP contribution in [0.5, 0.6) is 0 Å². The van der Waals surface area contributed by atoms with E-state index in [9.17, 15) is 4.79 Å². The van der Waals surface area contributed by atoms with Gasteiger partial charge in [0, 0.05) is 31.8 Å². The smallest absolute Gasteiger partial charge is 0.224 e. The van der Waals surface area contributed by atoms with Crippen LogP contribution in [0.2, 0.25) is 0 Å². The summed E-state index contributed by atoms with van der Waals surface area (Å²) in [5, 5.41) is 7.50. The van der Waals surface area contributed by atoms with Crippen LogP contribution in [0.1, 0.15) is 31.2 Å². The van der Waals surface area contributed by atoms with Crippen molar-refractivity contribution in [3.63, 3.8) is 0 Å². The van der Waals surface area contributed by atoms with Crippen LogP contribution in [0.15, 0.2) is 16.8 Å². The molecule has 1 N–H and O–H groups in total. The summed E-state index contributed by atoms with van der Waals surface area (Å²) in [7, 11) is 0. The highest BCUT2D eigenvalue weighted by Gasteiger charge is 2.42. The van der Waals surface area contributed by atoms with Crippen LogP contribution in [0.3, 0.4) is 0 Å². The number of nitrogens with zero attached hydrogens (tertiary/aromatic N) is 1. The summed E-state index contributed by atoms with van der Waals surface area (Å²) in [6.07, 6.45) is 4.54. The number of amides is 1. The number of nitrogens with one attached hydrogen (secondary N) is 1. The Hall–Kier alpha value is -0.910. The van der Waals surface area contributed by atoms with E-state index in [-0.39, 0.29) is 17.9 Å². The first-order valence-corrected chi connectivity index (χ1v) is 8.91. The molecule has 4 rings (SSSR count). The van der Waals surface area contributed by atoms with Crippen molar-refractivity contribution in [3.8, 4) is 0 Å². The average molecular weight is 306 g/mol. The van der Waals surface area contributed by atoms with Gasteiger partial charge in [-0.1, -0.05) is 0 Å². The quantitative estimate of drug-likeness (QED) is 0.925. The van der Waals surface area contributed by atoms with E-state index in [1.165, 1.54) is 5.56 Å². The first kappa shape index (κ1) is 13.7. The van der Waals surface area contributed by atoms with Gasteiger partial charge in [-0.2, -0.15) is 11.3 Å². The summed E-state index contributed by atoms with van der Waals surface area (Å²) in [6.45, 7) is 2.66. The van der Waals surface area contributed by atoms with Gasteiger partial charge in [0.1, 0.15) is 0 Å². The van der Waals surface area contributed by atoms with E-state index in [1.807, 2.05) is 0 Å². The molecule has 0 unspecified atom stereocenters. The first-order valence-electron chi connectivity index (χ1n) is 7.96. The van der Waals surface area contributed by atoms with Crippen molar-refractivity contribution in [2.45, 2.75) is 50.4 Å². The topological polar surface area (TPSA) is 41.6 Å². The van der Waals surface area contributed by atoms with Gasteiger partial charge in [0.25, 0.3) is 0 Å². The molecule has 1 amide bonds. The summed E-state index contributed by atoms with van der Waals surface area (Å²) in [5.74, 6) is 0.324. The monoisotopic (exact) mass is 306 g/mol. The molecule has 3 fully saturated rings. The maximum Gasteiger partial charge on any atom is 0.224 e. The van der Waals surface area contributed by atoms with Gasteiger partial charge in [0.05, 0.1) is 12.0 Å². The highest BCUT2D eigenvalue weighted by molar-refractivity contribution is 7.07. The first-order chi connectivity index (χ1) is 10.3. The summed E-state index contributed by atoms with van der Waals surface area (Å²) >= 11 is 1.74. The maximum absolute atomic E-state index is 12.4. The third-order valence-corrected chi connectivity index (χ3v) is 5.61. The summed E-state index contributed by atoms with van der Waals surface area (Å²) in [6, 6.07) is 3.13. The predicted octanol–water partition coefficient (Wildman–Crippen LogP) is 2.01. The van der Waals surface area contributed by atoms with Crippen LogP contribution < -0.4 is 5.32 Å². The molecule has 21 heavy (non-hydrogen) atoms. The summed E-state index contributed by atoms with van der Waals surface area (Å²) in [4.78, 5) is 14.9. The van der Waals surface area contributed by atoms with Crippen LogP contribution in [0, 0.1) is 5.92 Å². The molecule has 2 aliphatic heterocycles. The summed E-state index contributed by atoms with van der Waals surface area (Å²) in [5.41, 5.74) is 1.36. The van der Waals surface area contributed by atoms with E-state index in [1.54, 1.807) is 11.3 Å². The lowest BCUT2D eigenvalue weighted by Gasteiger charge is -2.40.